The van der Waals surface area contributed by atoms with Crippen LogP contribution < -0.4 is 21.2 Å². The summed E-state index contributed by atoms with van der Waals surface area (Å²) in [6.45, 7) is 4.99. The van der Waals surface area contributed by atoms with E-state index in [9.17, 15) is 23.2 Å². The highest BCUT2D eigenvalue weighted by atomic mass is 19.3. The minimum Gasteiger partial charge on any atom is -0.378 e. The number of alkyl halides is 2. The first-order valence-electron chi connectivity index (χ1n) is 21.9. The average Bonchev–Trinajstić information content (AvgIpc) is 4.13. The molecule has 1 aliphatic carbocycles. The predicted octanol–water partition coefficient (Wildman–Crippen LogP) is 4.35. The maximum absolute atomic E-state index is 14.3. The van der Waals surface area contributed by atoms with Crippen molar-refractivity contribution >= 4 is 40.0 Å². The van der Waals surface area contributed by atoms with Crippen molar-refractivity contribution in [1.82, 2.24) is 43.7 Å². The van der Waals surface area contributed by atoms with Crippen LogP contribution in [-0.4, -0.2) is 108 Å². The quantitative estimate of drug-likeness (QED) is 0.144. The molecule has 0 radical (unpaired) electrons. The molecule has 1 unspecified atom stereocenters. The first-order chi connectivity index (χ1) is 30.2. The van der Waals surface area contributed by atoms with Gasteiger partial charge in [0.2, 0.25) is 11.8 Å². The van der Waals surface area contributed by atoms with Crippen LogP contribution in [-0.2, 0) is 32.7 Å². The Balaban J connectivity index is 0.690. The number of anilines is 2. The summed E-state index contributed by atoms with van der Waals surface area (Å²) in [6.07, 6.45) is 10.1. The minimum absolute atomic E-state index is 0.0719. The molecule has 5 aromatic rings. The number of morpholine rings is 1. The van der Waals surface area contributed by atoms with Gasteiger partial charge in [0.25, 0.3) is 6.43 Å². The number of likely N-dealkylation sites (tertiary alicyclic amines) is 1. The number of halogens is 2. The molecule has 8 heterocycles. The topological polar surface area (TPSA) is 158 Å². The molecule has 1 saturated carbocycles. The van der Waals surface area contributed by atoms with Gasteiger partial charge in [0.05, 0.1) is 59.4 Å². The van der Waals surface area contributed by atoms with Crippen LogP contribution >= 0.6 is 0 Å². The second-order valence-corrected chi connectivity index (χ2v) is 17.4. The van der Waals surface area contributed by atoms with Gasteiger partial charge in [-0.1, -0.05) is 17.9 Å². The number of aryl methyl sites for hydroxylation is 1. The van der Waals surface area contributed by atoms with Crippen LogP contribution in [0.4, 0.5) is 20.3 Å². The number of carbonyl (C=O) groups is 2. The second-order valence-electron chi connectivity index (χ2n) is 17.4. The maximum atomic E-state index is 14.3. The number of hydrogen-bond acceptors (Lipinski definition) is 11. The Morgan fingerprint density at radius 3 is 2.65 bits per heavy atom. The Morgan fingerprint density at radius 1 is 1.05 bits per heavy atom. The van der Waals surface area contributed by atoms with E-state index >= 15 is 0 Å². The third-order valence-corrected chi connectivity index (χ3v) is 13.5. The highest BCUT2D eigenvalue weighted by Gasteiger charge is 2.40. The molecule has 3 atom stereocenters. The number of carbonyl (C=O) groups excluding carboxylic acids is 2. The summed E-state index contributed by atoms with van der Waals surface area (Å²) in [6, 6.07) is 7.09. The fourth-order valence-electron chi connectivity index (χ4n) is 10.2. The van der Waals surface area contributed by atoms with Gasteiger partial charge in [0, 0.05) is 64.1 Å². The highest BCUT2D eigenvalue weighted by Crippen LogP contribution is 2.36. The van der Waals surface area contributed by atoms with Crippen LogP contribution in [0.25, 0.3) is 16.7 Å². The molecular formula is C44H51F2N11O5. The monoisotopic (exact) mass is 851 g/mol. The van der Waals surface area contributed by atoms with Crippen LogP contribution in [0.3, 0.4) is 0 Å². The van der Waals surface area contributed by atoms with Crippen molar-refractivity contribution in [3.63, 3.8) is 0 Å². The number of hydrogen-bond donors (Lipinski definition) is 2. The lowest BCUT2D eigenvalue weighted by Crippen LogP contribution is -2.44. The number of para-hydroxylation sites is 1. The summed E-state index contributed by atoms with van der Waals surface area (Å²) in [4.78, 5) is 47.2. The van der Waals surface area contributed by atoms with Gasteiger partial charge in [0.15, 0.2) is 11.3 Å². The number of benzene rings is 1. The van der Waals surface area contributed by atoms with Gasteiger partial charge in [0.1, 0.15) is 18.5 Å². The average molecular weight is 852 g/mol. The molecule has 4 saturated heterocycles. The van der Waals surface area contributed by atoms with Gasteiger partial charge >= 0.3 is 5.69 Å². The van der Waals surface area contributed by atoms with E-state index in [1.165, 1.54) is 9.13 Å². The van der Waals surface area contributed by atoms with Crippen LogP contribution in [0.5, 0.6) is 0 Å². The molecule has 2 N–H and O–H groups in total. The number of imide groups is 1. The van der Waals surface area contributed by atoms with E-state index in [1.54, 1.807) is 34.7 Å². The van der Waals surface area contributed by atoms with Gasteiger partial charge in [-0.3, -0.25) is 28.7 Å². The van der Waals surface area contributed by atoms with E-state index in [0.29, 0.717) is 53.0 Å². The number of aromatic nitrogens is 7. The number of nitrogens with one attached hydrogen (secondary N) is 2. The fourth-order valence-corrected chi connectivity index (χ4v) is 10.2. The molecular weight excluding hydrogens is 801 g/mol. The normalized spacial score (nSPS) is 24.6. The lowest BCUT2D eigenvalue weighted by molar-refractivity contribution is -0.135. The Morgan fingerprint density at radius 2 is 1.89 bits per heavy atom. The second kappa shape index (κ2) is 16.9. The van der Waals surface area contributed by atoms with E-state index in [-0.39, 0.29) is 55.0 Å². The van der Waals surface area contributed by atoms with Crippen molar-refractivity contribution in [3.8, 4) is 11.8 Å². The highest BCUT2D eigenvalue weighted by molar-refractivity contribution is 6.00. The first kappa shape index (κ1) is 40.4. The van der Waals surface area contributed by atoms with E-state index in [0.717, 1.165) is 82.5 Å². The number of ether oxygens (including phenoxy) is 2. The van der Waals surface area contributed by atoms with Gasteiger partial charge in [-0.05, 0) is 75.5 Å². The molecule has 326 valence electrons. The zero-order chi connectivity index (χ0) is 42.5. The Labute approximate surface area is 356 Å². The third kappa shape index (κ3) is 7.86. The number of fused-ring (bicyclic) bond motifs is 4. The van der Waals surface area contributed by atoms with Crippen molar-refractivity contribution in [2.75, 3.05) is 49.6 Å². The van der Waals surface area contributed by atoms with Crippen LogP contribution in [0.2, 0.25) is 0 Å². The summed E-state index contributed by atoms with van der Waals surface area (Å²) in [5.41, 5.74) is 3.23. The number of rotatable bonds is 11. The van der Waals surface area contributed by atoms with Crippen LogP contribution in [0.15, 0.2) is 47.7 Å². The standard InChI is InChI=1S/C44H51F2N11O5/c1-52-40-28(4-2-6-35(40)57(44(52)60)36-11-12-38(58)50-43(36)59)5-3-19-61-32-13-16-53(17-14-32)23-27-7-9-30(10-8-27)56-25-34(39(51-56)41(45)46)47-21-29-22-48-55-18-15-37(49-42(29)55)54-24-33-20-31(54)26-62-33/h2,4,6,15,18,22,25,27,30-33,36,41,47H,7-14,16-17,19-21,23-24,26H2,1H3,(H,50,58,59)/t27-,30-,31-,33-,36?/m1/s1. The predicted molar refractivity (Wildman–Crippen MR) is 225 cm³/mol. The minimum atomic E-state index is -2.70. The molecule has 1 aromatic carbocycles. The molecule has 4 aliphatic heterocycles. The van der Waals surface area contributed by atoms with Crippen LogP contribution in [0, 0.1) is 17.8 Å². The van der Waals surface area contributed by atoms with Gasteiger partial charge in [-0.25, -0.2) is 23.1 Å². The number of amides is 2. The Bertz CT molecular complexity index is 2610. The van der Waals surface area contributed by atoms with Crippen LogP contribution in [0.1, 0.15) is 93.1 Å². The molecule has 2 amide bonds. The molecule has 0 spiro atoms. The van der Waals surface area contributed by atoms with Crippen molar-refractivity contribution in [3.05, 3.63) is 70.2 Å². The van der Waals surface area contributed by atoms with E-state index < -0.39 is 18.4 Å². The zero-order valence-corrected chi connectivity index (χ0v) is 34.7. The molecule has 62 heavy (non-hydrogen) atoms. The molecule has 10 rings (SSSR count). The molecule has 5 fully saturated rings. The smallest absolute Gasteiger partial charge is 0.329 e. The molecule has 16 nitrogen and oxygen atoms in total. The largest absolute Gasteiger partial charge is 0.378 e. The Kier molecular flexibility index (Phi) is 11.0. The van der Waals surface area contributed by atoms with Gasteiger partial charge in [-0.15, -0.1) is 0 Å². The summed E-state index contributed by atoms with van der Waals surface area (Å²) in [5.74, 6) is 6.94. The number of piperidine rings is 2. The summed E-state index contributed by atoms with van der Waals surface area (Å²) in [7, 11) is 1.67. The van der Waals surface area contributed by atoms with Crippen molar-refractivity contribution in [2.24, 2.45) is 13.0 Å². The van der Waals surface area contributed by atoms with Crippen molar-refractivity contribution < 1.29 is 27.8 Å². The lowest BCUT2D eigenvalue weighted by atomic mass is 9.85. The van der Waals surface area contributed by atoms with Crippen molar-refractivity contribution in [2.45, 2.75) is 101 Å². The maximum Gasteiger partial charge on any atom is 0.329 e. The Hall–Kier alpha value is -5.64. The summed E-state index contributed by atoms with van der Waals surface area (Å²) < 4.78 is 46.9. The van der Waals surface area contributed by atoms with Gasteiger partial charge in [-0.2, -0.15) is 10.2 Å². The lowest BCUT2D eigenvalue weighted by Gasteiger charge is -2.36. The molecule has 18 heteroatoms. The fraction of sp³-hybridized carbons (Fsp3) is 0.545. The summed E-state index contributed by atoms with van der Waals surface area (Å²) in [5, 5.41) is 14.4. The van der Waals surface area contributed by atoms with E-state index in [2.05, 4.69) is 42.5 Å². The number of nitrogens with zero attached hydrogens (tertiary/aromatic N) is 9. The molecule has 5 aliphatic rings. The van der Waals surface area contributed by atoms with E-state index in [1.807, 2.05) is 24.4 Å². The van der Waals surface area contributed by atoms with Gasteiger partial charge < -0.3 is 24.6 Å². The zero-order valence-electron chi connectivity index (χ0n) is 34.7. The number of imidazole rings is 1. The van der Waals surface area contributed by atoms with E-state index in [4.69, 9.17) is 14.5 Å². The summed E-state index contributed by atoms with van der Waals surface area (Å²) >= 11 is 0. The SMILES string of the molecule is Cn1c(=O)n(C2CCC(=O)NC2=O)c2cccc(C#CCOC3CCN(C[C@H]4CC[C@H](n5cc(NCc6cnn7ccc(N8C[C@H]9C[C@@H]8CO9)nc67)c(C(F)F)n5)CC4)CC3)c21. The van der Waals surface area contributed by atoms with Crippen molar-refractivity contribution in [1.29, 1.82) is 0 Å². The molecule has 2 bridgehead atoms. The molecule has 4 aromatic heterocycles. The third-order valence-electron chi connectivity index (χ3n) is 13.5. The first-order valence-corrected chi connectivity index (χ1v) is 21.9.